The van der Waals surface area contributed by atoms with E-state index in [1.165, 1.54) is 0 Å². The Morgan fingerprint density at radius 2 is 2.00 bits per heavy atom. The van der Waals surface area contributed by atoms with Gasteiger partial charge in [-0.3, -0.25) is 4.79 Å². The number of esters is 1. The minimum atomic E-state index is -1.28. The van der Waals surface area contributed by atoms with Gasteiger partial charge in [-0.25, -0.2) is 0 Å². The van der Waals surface area contributed by atoms with E-state index >= 15 is 0 Å². The first kappa shape index (κ1) is 11.5. The summed E-state index contributed by atoms with van der Waals surface area (Å²) >= 11 is 0. The van der Waals surface area contributed by atoms with E-state index in [4.69, 9.17) is 4.74 Å². The maximum atomic E-state index is 11.4. The van der Waals surface area contributed by atoms with Crippen LogP contribution in [0.25, 0.3) is 0 Å². The molecule has 3 aliphatic rings. The summed E-state index contributed by atoms with van der Waals surface area (Å²) in [6.45, 7) is 3.93. The van der Waals surface area contributed by atoms with E-state index in [1.54, 1.807) is 0 Å². The highest BCUT2D eigenvalue weighted by atomic mass is 16.6. The Morgan fingerprint density at radius 3 is 2.71 bits per heavy atom. The van der Waals surface area contributed by atoms with E-state index in [9.17, 15) is 15.0 Å². The number of fused-ring (bicyclic) bond motifs is 3. The van der Waals surface area contributed by atoms with Gasteiger partial charge in [0.25, 0.3) is 0 Å². The maximum absolute atomic E-state index is 11.4. The summed E-state index contributed by atoms with van der Waals surface area (Å²) in [6, 6.07) is 0. The largest absolute Gasteiger partial charge is 0.459 e. The summed E-state index contributed by atoms with van der Waals surface area (Å²) in [5.41, 5.74) is -2.77. The lowest BCUT2D eigenvalue weighted by atomic mass is 9.58. The molecule has 1 aliphatic heterocycles. The summed E-state index contributed by atoms with van der Waals surface area (Å²) in [6.07, 6.45) is 2.69. The van der Waals surface area contributed by atoms with E-state index in [2.05, 4.69) is 0 Å². The second kappa shape index (κ2) is 3.04. The molecule has 3 rings (SSSR count). The van der Waals surface area contributed by atoms with Crippen molar-refractivity contribution in [3.63, 3.8) is 0 Å². The molecule has 2 N–H and O–H groups in total. The van der Waals surface area contributed by atoms with Crippen LogP contribution in [-0.2, 0) is 9.53 Å². The smallest absolute Gasteiger partial charge is 0.306 e. The Morgan fingerprint density at radius 1 is 1.29 bits per heavy atom. The van der Waals surface area contributed by atoms with Gasteiger partial charge < -0.3 is 14.9 Å². The van der Waals surface area contributed by atoms with E-state index in [1.807, 2.05) is 13.8 Å². The first-order valence-corrected chi connectivity index (χ1v) is 6.44. The average Bonchev–Trinajstić information content (AvgIpc) is 2.63. The topological polar surface area (TPSA) is 66.8 Å². The summed E-state index contributed by atoms with van der Waals surface area (Å²) in [5.74, 6) is -0.258. The Hall–Kier alpha value is -0.610. The lowest BCUT2D eigenvalue weighted by Crippen LogP contribution is -2.66. The summed E-state index contributed by atoms with van der Waals surface area (Å²) < 4.78 is 5.31. The normalized spacial score (nSPS) is 51.9. The van der Waals surface area contributed by atoms with Crippen LogP contribution < -0.4 is 0 Å². The van der Waals surface area contributed by atoms with Crippen molar-refractivity contribution in [2.24, 2.45) is 11.3 Å². The molecule has 0 aromatic rings. The zero-order valence-corrected chi connectivity index (χ0v) is 10.4. The molecule has 4 heteroatoms. The second-order valence-electron chi connectivity index (χ2n) is 6.61. The van der Waals surface area contributed by atoms with Gasteiger partial charge in [0.1, 0.15) is 11.7 Å². The molecule has 96 valence electrons. The third kappa shape index (κ3) is 1.18. The van der Waals surface area contributed by atoms with Crippen LogP contribution in [-0.4, -0.2) is 33.5 Å². The van der Waals surface area contributed by atoms with Crippen molar-refractivity contribution >= 4 is 5.97 Å². The summed E-state index contributed by atoms with van der Waals surface area (Å²) in [5, 5.41) is 21.8. The Kier molecular flexibility index (Phi) is 2.05. The van der Waals surface area contributed by atoms with Crippen molar-refractivity contribution in [3.8, 4) is 0 Å². The van der Waals surface area contributed by atoms with Gasteiger partial charge in [0.05, 0.1) is 12.0 Å². The molecule has 4 nitrogen and oxygen atoms in total. The molecular weight excluding hydrogens is 220 g/mol. The van der Waals surface area contributed by atoms with E-state index in [-0.39, 0.29) is 11.9 Å². The van der Waals surface area contributed by atoms with Crippen molar-refractivity contribution in [1.82, 2.24) is 0 Å². The van der Waals surface area contributed by atoms with Crippen LogP contribution in [0.4, 0.5) is 0 Å². The van der Waals surface area contributed by atoms with Gasteiger partial charge in [0.15, 0.2) is 0 Å². The van der Waals surface area contributed by atoms with Crippen LogP contribution >= 0.6 is 0 Å². The van der Waals surface area contributed by atoms with Crippen molar-refractivity contribution in [2.45, 2.75) is 63.3 Å². The molecule has 0 radical (unpaired) electrons. The highest BCUT2D eigenvalue weighted by molar-refractivity contribution is 5.73. The van der Waals surface area contributed by atoms with E-state index in [0.29, 0.717) is 19.3 Å². The van der Waals surface area contributed by atoms with Gasteiger partial charge >= 0.3 is 5.97 Å². The molecule has 1 saturated heterocycles. The molecular formula is C13H20O4. The Labute approximate surface area is 101 Å². The van der Waals surface area contributed by atoms with Crippen LogP contribution in [0.3, 0.4) is 0 Å². The molecule has 0 aromatic heterocycles. The first-order valence-electron chi connectivity index (χ1n) is 6.44. The predicted molar refractivity (Wildman–Crippen MR) is 60.1 cm³/mol. The van der Waals surface area contributed by atoms with Crippen molar-refractivity contribution in [1.29, 1.82) is 0 Å². The number of carbonyl (C=O) groups is 1. The molecule has 2 aliphatic carbocycles. The molecule has 2 saturated carbocycles. The highest BCUT2D eigenvalue weighted by Gasteiger charge is 2.73. The van der Waals surface area contributed by atoms with Crippen LogP contribution in [0.1, 0.15) is 46.0 Å². The molecule has 17 heavy (non-hydrogen) atoms. The van der Waals surface area contributed by atoms with Gasteiger partial charge in [0, 0.05) is 11.3 Å². The lowest BCUT2D eigenvalue weighted by molar-refractivity contribution is -0.247. The van der Waals surface area contributed by atoms with Crippen molar-refractivity contribution in [2.75, 3.05) is 0 Å². The van der Waals surface area contributed by atoms with Crippen LogP contribution in [0.5, 0.6) is 0 Å². The zero-order chi connectivity index (χ0) is 12.5. The van der Waals surface area contributed by atoms with Crippen LogP contribution in [0, 0.1) is 11.3 Å². The van der Waals surface area contributed by atoms with Gasteiger partial charge in [-0.2, -0.15) is 0 Å². The van der Waals surface area contributed by atoms with Crippen LogP contribution in [0.15, 0.2) is 0 Å². The third-order valence-electron chi connectivity index (χ3n) is 5.26. The molecule has 0 spiro atoms. The number of hydrogen-bond donors (Lipinski definition) is 2. The van der Waals surface area contributed by atoms with Gasteiger partial charge in [0.2, 0.25) is 0 Å². The highest BCUT2D eigenvalue weighted by Crippen LogP contribution is 2.61. The quantitative estimate of drug-likeness (QED) is 0.620. The maximum Gasteiger partial charge on any atom is 0.306 e. The molecule has 3 fully saturated rings. The Bertz CT molecular complexity index is 378. The number of hydrogen-bond acceptors (Lipinski definition) is 4. The number of aliphatic hydroxyl groups is 2. The van der Waals surface area contributed by atoms with Crippen molar-refractivity contribution in [3.05, 3.63) is 0 Å². The van der Waals surface area contributed by atoms with Gasteiger partial charge in [-0.1, -0.05) is 13.8 Å². The molecule has 1 heterocycles. The lowest BCUT2D eigenvalue weighted by Gasteiger charge is -2.54. The third-order valence-corrected chi connectivity index (χ3v) is 5.26. The SMILES string of the molecule is CC1(C)CCC[C@@]2(O)C[C@@H]3CC(=O)O[C@@H]3[C@@]12O. The molecule has 0 amide bonds. The Balaban J connectivity index is 2.07. The number of carbonyl (C=O) groups excluding carboxylic acids is 1. The summed E-state index contributed by atoms with van der Waals surface area (Å²) in [7, 11) is 0. The van der Waals surface area contributed by atoms with Gasteiger partial charge in [-0.15, -0.1) is 0 Å². The second-order valence-corrected chi connectivity index (χ2v) is 6.61. The average molecular weight is 240 g/mol. The monoisotopic (exact) mass is 240 g/mol. The molecule has 4 atom stereocenters. The standard InChI is InChI=1S/C13H20O4/c1-11(2)4-3-5-12(15)7-8-6-9(14)17-10(8)13(11,12)16/h8,10,15-16H,3-7H2,1-2H3/t8-,10-,12+,13+/m0/s1. The zero-order valence-electron chi connectivity index (χ0n) is 10.4. The van der Waals surface area contributed by atoms with Crippen LogP contribution in [0.2, 0.25) is 0 Å². The van der Waals surface area contributed by atoms with E-state index < -0.39 is 22.7 Å². The minimum absolute atomic E-state index is 0.0186. The summed E-state index contributed by atoms with van der Waals surface area (Å²) in [4.78, 5) is 11.4. The van der Waals surface area contributed by atoms with Gasteiger partial charge in [-0.05, 0) is 25.7 Å². The number of rotatable bonds is 0. The minimum Gasteiger partial charge on any atom is -0.459 e. The molecule has 0 aromatic carbocycles. The van der Waals surface area contributed by atoms with Crippen molar-refractivity contribution < 1.29 is 19.7 Å². The molecule has 0 unspecified atom stereocenters. The van der Waals surface area contributed by atoms with E-state index in [0.717, 1.165) is 12.8 Å². The number of ether oxygens (including phenoxy) is 1. The fourth-order valence-electron chi connectivity index (χ4n) is 4.39. The molecule has 0 bridgehead atoms. The predicted octanol–water partition coefficient (Wildman–Crippen LogP) is 0.994. The fraction of sp³-hybridized carbons (Fsp3) is 0.923. The first-order chi connectivity index (χ1) is 7.80. The fourth-order valence-corrected chi connectivity index (χ4v) is 4.39.